The van der Waals surface area contributed by atoms with E-state index in [4.69, 9.17) is 5.11 Å². The van der Waals surface area contributed by atoms with Gasteiger partial charge in [-0.1, -0.05) is 0 Å². The second-order valence-electron chi connectivity index (χ2n) is 5.21. The molecule has 5 nitrogen and oxygen atoms in total. The number of aliphatic carboxylic acids is 1. The molecule has 1 unspecified atom stereocenters. The molecule has 1 aromatic rings. The minimum Gasteiger partial charge on any atom is -0.481 e. The van der Waals surface area contributed by atoms with E-state index in [9.17, 15) is 18.4 Å². The Morgan fingerprint density at radius 3 is 2.62 bits per heavy atom. The molecule has 1 saturated heterocycles. The van der Waals surface area contributed by atoms with Gasteiger partial charge in [-0.25, -0.2) is 13.6 Å². The molecule has 0 spiro atoms. The number of halogens is 3. The maximum Gasteiger partial charge on any atom is 0.321 e. The normalized spacial score (nSPS) is 21.4. The van der Waals surface area contributed by atoms with Crippen LogP contribution in [0.3, 0.4) is 0 Å². The van der Waals surface area contributed by atoms with E-state index in [1.54, 1.807) is 6.92 Å². The van der Waals surface area contributed by atoms with E-state index in [1.165, 1.54) is 4.90 Å². The Morgan fingerprint density at radius 1 is 1.38 bits per heavy atom. The van der Waals surface area contributed by atoms with E-state index >= 15 is 0 Å². The minimum absolute atomic E-state index is 0.0226. The van der Waals surface area contributed by atoms with Crippen molar-refractivity contribution in [3.63, 3.8) is 0 Å². The van der Waals surface area contributed by atoms with Crippen LogP contribution in [0.5, 0.6) is 0 Å². The van der Waals surface area contributed by atoms with Crippen molar-refractivity contribution < 1.29 is 23.5 Å². The van der Waals surface area contributed by atoms with E-state index in [0.717, 1.165) is 12.1 Å². The topological polar surface area (TPSA) is 69.6 Å². The molecule has 2 N–H and O–H groups in total. The number of amides is 2. The summed E-state index contributed by atoms with van der Waals surface area (Å²) in [6.45, 7) is 1.81. The van der Waals surface area contributed by atoms with Gasteiger partial charge in [0.25, 0.3) is 0 Å². The van der Waals surface area contributed by atoms with Crippen LogP contribution in [-0.4, -0.2) is 35.1 Å². The fourth-order valence-corrected chi connectivity index (χ4v) is 2.44. The molecule has 0 radical (unpaired) electrons. The summed E-state index contributed by atoms with van der Waals surface area (Å²) in [5.74, 6) is -2.47. The quantitative estimate of drug-likeness (QED) is 0.794. The van der Waals surface area contributed by atoms with Crippen LogP contribution >= 0.6 is 15.9 Å². The molecule has 1 aliphatic rings. The zero-order chi connectivity index (χ0) is 15.8. The average molecular weight is 363 g/mol. The summed E-state index contributed by atoms with van der Waals surface area (Å²) in [5.41, 5.74) is -1.30. The van der Waals surface area contributed by atoms with Crippen LogP contribution in [0.2, 0.25) is 0 Å². The average Bonchev–Trinajstić information content (AvgIpc) is 2.80. The first kappa shape index (κ1) is 15.7. The number of rotatable bonds is 2. The Bertz CT molecular complexity index is 611. The number of carboxylic acids is 1. The van der Waals surface area contributed by atoms with Crippen LogP contribution in [-0.2, 0) is 4.79 Å². The van der Waals surface area contributed by atoms with Crippen LogP contribution in [0.25, 0.3) is 0 Å². The standard InChI is InChI=1S/C13H13BrF2N2O3/c1-13(11(19)20)2-3-18(6-13)12(21)17-10-5-8(15)7(14)4-9(10)16/h4-5H,2-3,6H2,1H3,(H,17,21)(H,19,20). The number of carbonyl (C=O) groups excluding carboxylic acids is 1. The number of hydrogen-bond donors (Lipinski definition) is 2. The van der Waals surface area contributed by atoms with Gasteiger partial charge < -0.3 is 15.3 Å². The summed E-state index contributed by atoms with van der Waals surface area (Å²) in [5, 5.41) is 11.4. The Hall–Kier alpha value is -1.70. The maximum absolute atomic E-state index is 13.6. The highest BCUT2D eigenvalue weighted by molar-refractivity contribution is 9.10. The molecule has 0 bridgehead atoms. The van der Waals surface area contributed by atoms with Crippen LogP contribution < -0.4 is 5.32 Å². The summed E-state index contributed by atoms with van der Waals surface area (Å²) >= 11 is 2.84. The Labute approximate surface area is 128 Å². The number of carbonyl (C=O) groups is 2. The van der Waals surface area contributed by atoms with Gasteiger partial charge in [0.15, 0.2) is 0 Å². The van der Waals surface area contributed by atoms with E-state index in [1.807, 2.05) is 0 Å². The third-order valence-corrected chi connectivity index (χ3v) is 4.14. The third kappa shape index (κ3) is 3.15. The van der Waals surface area contributed by atoms with Gasteiger partial charge in [-0.15, -0.1) is 0 Å². The van der Waals surface area contributed by atoms with Gasteiger partial charge in [0.05, 0.1) is 15.6 Å². The van der Waals surface area contributed by atoms with Gasteiger partial charge in [0, 0.05) is 19.2 Å². The molecule has 1 aromatic carbocycles. The van der Waals surface area contributed by atoms with Gasteiger partial charge in [0.1, 0.15) is 11.6 Å². The van der Waals surface area contributed by atoms with Crippen LogP contribution in [0.4, 0.5) is 19.3 Å². The Balaban J connectivity index is 2.10. The lowest BCUT2D eigenvalue weighted by molar-refractivity contribution is -0.146. The first-order valence-electron chi connectivity index (χ1n) is 6.17. The van der Waals surface area contributed by atoms with Crippen molar-refractivity contribution in [3.8, 4) is 0 Å². The Morgan fingerprint density at radius 2 is 2.05 bits per heavy atom. The van der Waals surface area contributed by atoms with Crippen molar-refractivity contribution >= 4 is 33.6 Å². The first-order chi connectivity index (χ1) is 9.73. The molecule has 1 heterocycles. The Kier molecular flexibility index (Phi) is 4.18. The lowest BCUT2D eigenvalue weighted by Crippen LogP contribution is -2.37. The molecular weight excluding hydrogens is 350 g/mol. The van der Waals surface area contributed by atoms with Gasteiger partial charge in [0.2, 0.25) is 0 Å². The van der Waals surface area contributed by atoms with Crippen LogP contribution in [0, 0.1) is 17.0 Å². The second-order valence-corrected chi connectivity index (χ2v) is 6.07. The monoisotopic (exact) mass is 362 g/mol. The van der Waals surface area contributed by atoms with E-state index in [2.05, 4.69) is 21.2 Å². The van der Waals surface area contributed by atoms with Crippen molar-refractivity contribution in [2.24, 2.45) is 5.41 Å². The summed E-state index contributed by atoms with van der Waals surface area (Å²) in [6, 6.07) is 1.13. The summed E-state index contributed by atoms with van der Waals surface area (Å²) in [4.78, 5) is 24.4. The number of urea groups is 1. The number of nitrogens with zero attached hydrogens (tertiary/aromatic N) is 1. The fraction of sp³-hybridized carbons (Fsp3) is 0.385. The number of nitrogens with one attached hydrogen (secondary N) is 1. The highest BCUT2D eigenvalue weighted by atomic mass is 79.9. The van der Waals surface area contributed by atoms with E-state index < -0.39 is 29.0 Å². The maximum atomic E-state index is 13.6. The van der Waals surface area contributed by atoms with Crippen molar-refractivity contribution in [1.82, 2.24) is 4.90 Å². The highest BCUT2D eigenvalue weighted by Crippen LogP contribution is 2.31. The molecular formula is C13H13BrF2N2O3. The van der Waals surface area contributed by atoms with Crippen molar-refractivity contribution in [2.45, 2.75) is 13.3 Å². The first-order valence-corrected chi connectivity index (χ1v) is 6.96. The molecule has 0 aliphatic carbocycles. The molecule has 2 rings (SSSR count). The van der Waals surface area contributed by atoms with Gasteiger partial charge in [-0.2, -0.15) is 0 Å². The molecule has 114 valence electrons. The lowest BCUT2D eigenvalue weighted by atomic mass is 9.90. The lowest BCUT2D eigenvalue weighted by Gasteiger charge is -2.20. The van der Waals surface area contributed by atoms with Gasteiger partial charge in [-0.05, 0) is 35.3 Å². The van der Waals surface area contributed by atoms with Crippen molar-refractivity contribution in [2.75, 3.05) is 18.4 Å². The summed E-state index contributed by atoms with van der Waals surface area (Å²) < 4.78 is 26.9. The van der Waals surface area contributed by atoms with Crippen molar-refractivity contribution in [1.29, 1.82) is 0 Å². The summed E-state index contributed by atoms with van der Waals surface area (Å²) in [6.07, 6.45) is 0.312. The molecule has 1 atom stereocenters. The SMILES string of the molecule is CC1(C(=O)O)CCN(C(=O)Nc2cc(F)c(Br)cc2F)C1. The number of hydrogen-bond acceptors (Lipinski definition) is 2. The van der Waals surface area contributed by atoms with Crippen LogP contribution in [0.1, 0.15) is 13.3 Å². The predicted molar refractivity (Wildman–Crippen MR) is 75.0 cm³/mol. The highest BCUT2D eigenvalue weighted by Gasteiger charge is 2.42. The molecule has 21 heavy (non-hydrogen) atoms. The van der Waals surface area contributed by atoms with E-state index in [0.29, 0.717) is 6.42 Å². The fourth-order valence-electron chi connectivity index (χ4n) is 2.12. The predicted octanol–water partition coefficient (Wildman–Crippen LogP) is 3.06. The molecule has 8 heteroatoms. The molecule has 0 saturated carbocycles. The number of likely N-dealkylation sites (tertiary alicyclic amines) is 1. The smallest absolute Gasteiger partial charge is 0.321 e. The van der Waals surface area contributed by atoms with Gasteiger partial charge >= 0.3 is 12.0 Å². The molecule has 1 fully saturated rings. The largest absolute Gasteiger partial charge is 0.481 e. The molecule has 0 aromatic heterocycles. The third-order valence-electron chi connectivity index (χ3n) is 3.53. The second kappa shape index (κ2) is 5.59. The minimum atomic E-state index is -1.01. The van der Waals surface area contributed by atoms with E-state index in [-0.39, 0.29) is 23.2 Å². The molecule has 1 aliphatic heterocycles. The molecule has 2 amide bonds. The zero-order valence-electron chi connectivity index (χ0n) is 11.1. The number of anilines is 1. The van der Waals surface area contributed by atoms with Crippen molar-refractivity contribution in [3.05, 3.63) is 28.2 Å². The van der Waals surface area contributed by atoms with Gasteiger partial charge in [-0.3, -0.25) is 4.79 Å². The number of benzene rings is 1. The number of carboxylic acid groups (broad SMARTS) is 1. The zero-order valence-corrected chi connectivity index (χ0v) is 12.7. The van der Waals surface area contributed by atoms with Crippen LogP contribution in [0.15, 0.2) is 16.6 Å². The summed E-state index contributed by atoms with van der Waals surface area (Å²) in [7, 11) is 0.